The van der Waals surface area contributed by atoms with Gasteiger partial charge in [0.15, 0.2) is 0 Å². The molecule has 0 aliphatic carbocycles. The SMILES string of the molecule is O=C(NC=C(c1ccc(O)cc1)c1ccc(O)cc1)c1sc2ccc(C(F)(F)F)cc2c1O. The Morgan fingerprint density at radius 3 is 1.91 bits per heavy atom. The van der Waals surface area contributed by atoms with Crippen molar-refractivity contribution in [1.29, 1.82) is 0 Å². The first-order valence-electron chi connectivity index (χ1n) is 9.56. The van der Waals surface area contributed by atoms with Crippen molar-refractivity contribution in [3.05, 3.63) is 94.5 Å². The Balaban J connectivity index is 1.69. The number of fused-ring (bicyclic) bond motifs is 1. The molecule has 0 radical (unpaired) electrons. The predicted octanol–water partition coefficient (Wildman–Crippen LogP) is 5.86. The summed E-state index contributed by atoms with van der Waals surface area (Å²) in [7, 11) is 0. The zero-order valence-electron chi connectivity index (χ0n) is 16.7. The summed E-state index contributed by atoms with van der Waals surface area (Å²) in [6, 6.07) is 15.4. The highest BCUT2D eigenvalue weighted by Crippen LogP contribution is 2.40. The van der Waals surface area contributed by atoms with E-state index in [2.05, 4.69) is 5.32 Å². The van der Waals surface area contributed by atoms with Crippen molar-refractivity contribution in [3.8, 4) is 17.2 Å². The summed E-state index contributed by atoms with van der Waals surface area (Å²) in [6.45, 7) is 0. The number of carbonyl (C=O) groups is 1. The number of carbonyl (C=O) groups excluding carboxylic acids is 1. The topological polar surface area (TPSA) is 89.8 Å². The average Bonchev–Trinajstić information content (AvgIpc) is 3.11. The molecule has 4 N–H and O–H groups in total. The van der Waals surface area contributed by atoms with Crippen molar-refractivity contribution in [3.63, 3.8) is 0 Å². The van der Waals surface area contributed by atoms with Crippen molar-refractivity contribution in [2.45, 2.75) is 6.18 Å². The van der Waals surface area contributed by atoms with E-state index in [-0.39, 0.29) is 21.8 Å². The maximum absolute atomic E-state index is 13.0. The van der Waals surface area contributed by atoms with Crippen LogP contribution in [0.1, 0.15) is 26.4 Å². The van der Waals surface area contributed by atoms with Gasteiger partial charge < -0.3 is 20.6 Å². The molecule has 0 aliphatic rings. The zero-order chi connectivity index (χ0) is 23.8. The van der Waals surface area contributed by atoms with Gasteiger partial charge in [0.1, 0.15) is 22.1 Å². The summed E-state index contributed by atoms with van der Waals surface area (Å²) >= 11 is 0.874. The van der Waals surface area contributed by atoms with Gasteiger partial charge in [-0.15, -0.1) is 11.3 Å². The van der Waals surface area contributed by atoms with Crippen molar-refractivity contribution in [1.82, 2.24) is 5.32 Å². The fraction of sp³-hybridized carbons (Fsp3) is 0.0417. The van der Waals surface area contributed by atoms with E-state index >= 15 is 0 Å². The molecule has 1 heterocycles. The second-order valence-electron chi connectivity index (χ2n) is 7.11. The largest absolute Gasteiger partial charge is 0.508 e. The molecule has 1 aromatic heterocycles. The van der Waals surface area contributed by atoms with Crippen LogP contribution in [0.2, 0.25) is 0 Å². The van der Waals surface area contributed by atoms with Crippen LogP contribution >= 0.6 is 11.3 Å². The zero-order valence-corrected chi connectivity index (χ0v) is 17.5. The van der Waals surface area contributed by atoms with Gasteiger partial charge >= 0.3 is 6.18 Å². The van der Waals surface area contributed by atoms with Crippen LogP contribution < -0.4 is 5.32 Å². The fourth-order valence-electron chi connectivity index (χ4n) is 3.23. The number of rotatable bonds is 4. The lowest BCUT2D eigenvalue weighted by molar-refractivity contribution is -0.137. The van der Waals surface area contributed by atoms with E-state index in [1.807, 2.05) is 0 Å². The molecule has 0 saturated carbocycles. The number of hydrogen-bond donors (Lipinski definition) is 4. The summed E-state index contributed by atoms with van der Waals surface area (Å²) in [5.74, 6) is -1.11. The smallest absolute Gasteiger partial charge is 0.416 e. The quantitative estimate of drug-likeness (QED) is 0.300. The van der Waals surface area contributed by atoms with Crippen LogP contribution in [-0.4, -0.2) is 21.2 Å². The molecule has 33 heavy (non-hydrogen) atoms. The van der Waals surface area contributed by atoms with Gasteiger partial charge in [-0.25, -0.2) is 0 Å². The molecular formula is C24H16F3NO4S. The minimum Gasteiger partial charge on any atom is -0.508 e. The third kappa shape index (κ3) is 4.63. The molecule has 0 aliphatic heterocycles. The monoisotopic (exact) mass is 471 g/mol. The van der Waals surface area contributed by atoms with Crippen molar-refractivity contribution in [2.75, 3.05) is 0 Å². The average molecular weight is 471 g/mol. The number of aromatic hydroxyl groups is 3. The van der Waals surface area contributed by atoms with Crippen LogP contribution in [0.4, 0.5) is 13.2 Å². The van der Waals surface area contributed by atoms with Crippen molar-refractivity contribution in [2.24, 2.45) is 0 Å². The van der Waals surface area contributed by atoms with Crippen LogP contribution in [0.5, 0.6) is 17.2 Å². The van der Waals surface area contributed by atoms with Gasteiger partial charge in [0.2, 0.25) is 0 Å². The Kier molecular flexibility index (Phi) is 5.73. The van der Waals surface area contributed by atoms with Gasteiger partial charge in [-0.1, -0.05) is 24.3 Å². The molecule has 5 nitrogen and oxygen atoms in total. The third-order valence-corrected chi connectivity index (χ3v) is 6.06. The van der Waals surface area contributed by atoms with E-state index in [9.17, 15) is 33.3 Å². The van der Waals surface area contributed by atoms with Crippen molar-refractivity contribution < 1.29 is 33.3 Å². The van der Waals surface area contributed by atoms with Gasteiger partial charge in [0.25, 0.3) is 5.91 Å². The molecule has 1 amide bonds. The molecular weight excluding hydrogens is 455 g/mol. The van der Waals surface area contributed by atoms with E-state index in [0.29, 0.717) is 21.4 Å². The second-order valence-corrected chi connectivity index (χ2v) is 8.17. The first-order valence-corrected chi connectivity index (χ1v) is 10.4. The van der Waals surface area contributed by atoms with E-state index < -0.39 is 23.4 Å². The fourth-order valence-corrected chi connectivity index (χ4v) is 4.21. The van der Waals surface area contributed by atoms with E-state index in [4.69, 9.17) is 0 Å². The van der Waals surface area contributed by atoms with Gasteiger partial charge in [-0.05, 0) is 53.6 Å². The normalized spacial score (nSPS) is 11.4. The van der Waals surface area contributed by atoms with Gasteiger partial charge in [0.05, 0.1) is 5.56 Å². The number of halogens is 3. The highest BCUT2D eigenvalue weighted by Gasteiger charge is 2.31. The number of amides is 1. The second kappa shape index (κ2) is 8.51. The summed E-state index contributed by atoms with van der Waals surface area (Å²) in [6.07, 6.45) is -3.18. The Bertz CT molecular complexity index is 1310. The molecule has 0 bridgehead atoms. The maximum atomic E-state index is 13.0. The van der Waals surface area contributed by atoms with Crippen LogP contribution in [-0.2, 0) is 6.18 Å². The number of phenolic OH excluding ortho intramolecular Hbond substituents is 2. The molecule has 0 fully saturated rings. The number of benzene rings is 3. The summed E-state index contributed by atoms with van der Waals surface area (Å²) in [5, 5.41) is 32.1. The van der Waals surface area contributed by atoms with Gasteiger partial charge in [0, 0.05) is 21.9 Å². The van der Waals surface area contributed by atoms with E-state index in [1.54, 1.807) is 24.3 Å². The molecule has 4 aromatic rings. The number of hydrogen-bond acceptors (Lipinski definition) is 5. The lowest BCUT2D eigenvalue weighted by Crippen LogP contribution is -2.16. The lowest BCUT2D eigenvalue weighted by atomic mass is 9.98. The number of phenols is 2. The number of nitrogens with one attached hydrogen (secondary N) is 1. The molecule has 0 saturated heterocycles. The van der Waals surface area contributed by atoms with Crippen LogP contribution in [0.3, 0.4) is 0 Å². The van der Waals surface area contributed by atoms with Crippen LogP contribution in [0.25, 0.3) is 15.7 Å². The van der Waals surface area contributed by atoms with Crippen LogP contribution in [0, 0.1) is 0 Å². The molecule has 3 aromatic carbocycles. The minimum absolute atomic E-state index is 0.0544. The lowest BCUT2D eigenvalue weighted by Gasteiger charge is -2.10. The highest BCUT2D eigenvalue weighted by molar-refractivity contribution is 7.21. The Morgan fingerprint density at radius 2 is 1.39 bits per heavy atom. The van der Waals surface area contributed by atoms with E-state index in [1.165, 1.54) is 36.5 Å². The Labute approximate surface area is 189 Å². The molecule has 9 heteroatoms. The predicted molar refractivity (Wildman–Crippen MR) is 119 cm³/mol. The molecule has 168 valence electrons. The van der Waals surface area contributed by atoms with Gasteiger partial charge in [-0.3, -0.25) is 4.79 Å². The van der Waals surface area contributed by atoms with Gasteiger partial charge in [-0.2, -0.15) is 13.2 Å². The first kappa shape index (κ1) is 22.2. The standard InChI is InChI=1S/C24H16F3NO4S/c25-24(26,27)15-5-10-20-18(11-15)21(31)22(33-20)23(32)28-12-19(13-1-6-16(29)7-2-13)14-3-8-17(30)9-4-14/h1-12,29-31H,(H,28,32). The number of thiophene rings is 1. The molecule has 4 rings (SSSR count). The molecule has 0 unspecified atom stereocenters. The number of alkyl halides is 3. The molecule has 0 spiro atoms. The Morgan fingerprint density at radius 1 is 0.848 bits per heavy atom. The van der Waals surface area contributed by atoms with Crippen LogP contribution in [0.15, 0.2) is 72.9 Å². The first-order chi connectivity index (χ1) is 15.6. The minimum atomic E-state index is -4.57. The van der Waals surface area contributed by atoms with E-state index in [0.717, 1.165) is 23.5 Å². The highest BCUT2D eigenvalue weighted by atomic mass is 32.1. The third-order valence-electron chi connectivity index (χ3n) is 4.90. The summed E-state index contributed by atoms with van der Waals surface area (Å²) in [5.41, 5.74) is 0.920. The summed E-state index contributed by atoms with van der Waals surface area (Å²) < 4.78 is 39.3. The summed E-state index contributed by atoms with van der Waals surface area (Å²) in [4.78, 5) is 12.7. The molecule has 0 atom stereocenters. The maximum Gasteiger partial charge on any atom is 0.416 e. The Hall–Kier alpha value is -3.98. The van der Waals surface area contributed by atoms with Crippen molar-refractivity contribution >= 4 is 32.9 Å².